The Balaban J connectivity index is 1.64. The molecule has 2 nitrogen and oxygen atoms in total. The lowest BCUT2D eigenvalue weighted by atomic mass is 9.82. The van der Waals surface area contributed by atoms with Crippen LogP contribution in [0.25, 0.3) is 0 Å². The van der Waals surface area contributed by atoms with Crippen LogP contribution < -0.4 is 5.32 Å². The normalized spacial score (nSPS) is 28.1. The number of pyridine rings is 1. The largest absolute Gasteiger partial charge is 0.381 e. The molecular weight excluding hydrogens is 288 g/mol. The summed E-state index contributed by atoms with van der Waals surface area (Å²) in [5.41, 5.74) is 2.30. The molecule has 2 atom stereocenters. The van der Waals surface area contributed by atoms with Gasteiger partial charge in [0.15, 0.2) is 0 Å². The molecule has 1 aromatic rings. The van der Waals surface area contributed by atoms with Crippen molar-refractivity contribution >= 4 is 21.6 Å². The molecule has 1 N–H and O–H groups in total. The first kappa shape index (κ1) is 12.5. The second-order valence-corrected chi connectivity index (χ2v) is 6.68. The number of aromatic nitrogens is 1. The van der Waals surface area contributed by atoms with Crippen molar-refractivity contribution in [3.63, 3.8) is 0 Å². The Labute approximate surface area is 118 Å². The fourth-order valence-corrected chi connectivity index (χ4v) is 3.66. The minimum Gasteiger partial charge on any atom is -0.381 e. The molecule has 0 saturated heterocycles. The number of hydrogen-bond acceptors (Lipinski definition) is 2. The van der Waals surface area contributed by atoms with Crippen LogP contribution in [0.2, 0.25) is 0 Å². The van der Waals surface area contributed by atoms with Crippen LogP contribution in [0, 0.1) is 18.8 Å². The van der Waals surface area contributed by atoms with Crippen molar-refractivity contribution < 1.29 is 0 Å². The second kappa shape index (κ2) is 5.20. The predicted octanol–water partition coefficient (Wildman–Crippen LogP) is 4.53. The van der Waals surface area contributed by atoms with E-state index in [9.17, 15) is 0 Å². The van der Waals surface area contributed by atoms with Crippen LogP contribution in [0.15, 0.2) is 16.7 Å². The SMILES string of the molecule is Cc1nc(Br)ccc1NC1CCCC(C2CC2)C1. The number of hydrogen-bond donors (Lipinski definition) is 1. The average molecular weight is 309 g/mol. The zero-order valence-electron chi connectivity index (χ0n) is 11.0. The van der Waals surface area contributed by atoms with Gasteiger partial charge in [-0.25, -0.2) is 4.98 Å². The van der Waals surface area contributed by atoms with E-state index in [0.29, 0.717) is 6.04 Å². The first-order chi connectivity index (χ1) is 8.72. The molecule has 98 valence electrons. The molecule has 0 spiro atoms. The van der Waals surface area contributed by atoms with Crippen molar-refractivity contribution in [1.29, 1.82) is 0 Å². The fourth-order valence-electron chi connectivity index (χ4n) is 3.26. The van der Waals surface area contributed by atoms with E-state index in [0.717, 1.165) is 22.1 Å². The van der Waals surface area contributed by atoms with Crippen molar-refractivity contribution in [3.05, 3.63) is 22.4 Å². The molecule has 0 aliphatic heterocycles. The molecule has 2 fully saturated rings. The van der Waals surface area contributed by atoms with E-state index in [-0.39, 0.29) is 0 Å². The molecule has 2 unspecified atom stereocenters. The van der Waals surface area contributed by atoms with E-state index >= 15 is 0 Å². The average Bonchev–Trinajstić information content (AvgIpc) is 3.17. The third kappa shape index (κ3) is 2.87. The third-order valence-corrected chi connectivity index (χ3v) is 4.86. The van der Waals surface area contributed by atoms with Crippen LogP contribution >= 0.6 is 15.9 Å². The maximum absolute atomic E-state index is 4.46. The maximum Gasteiger partial charge on any atom is 0.106 e. The van der Waals surface area contributed by atoms with E-state index < -0.39 is 0 Å². The Hall–Kier alpha value is -0.570. The van der Waals surface area contributed by atoms with Crippen molar-refractivity contribution in [3.8, 4) is 0 Å². The Morgan fingerprint density at radius 2 is 2.00 bits per heavy atom. The van der Waals surface area contributed by atoms with Gasteiger partial charge in [0.05, 0.1) is 11.4 Å². The summed E-state index contributed by atoms with van der Waals surface area (Å²) in [4.78, 5) is 4.46. The summed E-state index contributed by atoms with van der Waals surface area (Å²) in [6, 6.07) is 4.83. The topological polar surface area (TPSA) is 24.9 Å². The monoisotopic (exact) mass is 308 g/mol. The minimum absolute atomic E-state index is 0.658. The first-order valence-electron chi connectivity index (χ1n) is 7.12. The summed E-state index contributed by atoms with van der Waals surface area (Å²) >= 11 is 3.42. The lowest BCUT2D eigenvalue weighted by molar-refractivity contribution is 0.303. The molecule has 2 aliphatic carbocycles. The van der Waals surface area contributed by atoms with Gasteiger partial charge in [0, 0.05) is 6.04 Å². The standard InChI is InChI=1S/C15H21BrN2/c1-10-14(7-8-15(16)17-10)18-13-4-2-3-12(9-13)11-5-6-11/h7-8,11-13,18H,2-6,9H2,1H3. The Kier molecular flexibility index (Phi) is 3.60. The van der Waals surface area contributed by atoms with Gasteiger partial charge in [0.1, 0.15) is 4.60 Å². The van der Waals surface area contributed by atoms with Crippen LogP contribution in [0.4, 0.5) is 5.69 Å². The van der Waals surface area contributed by atoms with E-state index in [1.54, 1.807) is 0 Å². The maximum atomic E-state index is 4.46. The van der Waals surface area contributed by atoms with Crippen molar-refractivity contribution in [2.24, 2.45) is 11.8 Å². The number of halogens is 1. The zero-order valence-corrected chi connectivity index (χ0v) is 12.5. The van der Waals surface area contributed by atoms with Gasteiger partial charge < -0.3 is 5.32 Å². The lowest BCUT2D eigenvalue weighted by Gasteiger charge is -2.30. The number of aryl methyl sites for hydroxylation is 1. The van der Waals surface area contributed by atoms with Crippen molar-refractivity contribution in [2.75, 3.05) is 5.32 Å². The zero-order chi connectivity index (χ0) is 12.5. The van der Waals surface area contributed by atoms with Crippen molar-refractivity contribution in [2.45, 2.75) is 51.5 Å². The summed E-state index contributed by atoms with van der Waals surface area (Å²) in [6.07, 6.45) is 8.49. The van der Waals surface area contributed by atoms with E-state index in [1.807, 2.05) is 6.07 Å². The second-order valence-electron chi connectivity index (χ2n) is 5.87. The van der Waals surface area contributed by atoms with E-state index in [4.69, 9.17) is 0 Å². The highest BCUT2D eigenvalue weighted by Gasteiger charge is 2.34. The van der Waals surface area contributed by atoms with Crippen LogP contribution in [0.5, 0.6) is 0 Å². The van der Waals surface area contributed by atoms with Gasteiger partial charge in [-0.1, -0.05) is 12.8 Å². The number of anilines is 1. The molecule has 3 heteroatoms. The summed E-state index contributed by atoms with van der Waals surface area (Å²) < 4.78 is 0.921. The molecule has 0 aromatic carbocycles. The van der Waals surface area contributed by atoms with Crippen LogP contribution in [0.1, 0.15) is 44.2 Å². The highest BCUT2D eigenvalue weighted by Crippen LogP contribution is 2.44. The van der Waals surface area contributed by atoms with Gasteiger partial charge >= 0.3 is 0 Å². The molecule has 0 bridgehead atoms. The molecule has 3 rings (SSSR count). The van der Waals surface area contributed by atoms with Gasteiger partial charge in [-0.05, 0) is 72.5 Å². The smallest absolute Gasteiger partial charge is 0.106 e. The van der Waals surface area contributed by atoms with Gasteiger partial charge in [-0.2, -0.15) is 0 Å². The molecule has 2 saturated carbocycles. The Morgan fingerprint density at radius 3 is 2.72 bits per heavy atom. The summed E-state index contributed by atoms with van der Waals surface area (Å²) in [5, 5.41) is 3.71. The van der Waals surface area contributed by atoms with Gasteiger partial charge in [0.2, 0.25) is 0 Å². The summed E-state index contributed by atoms with van der Waals surface area (Å²) in [5.74, 6) is 2.04. The molecule has 0 radical (unpaired) electrons. The highest BCUT2D eigenvalue weighted by molar-refractivity contribution is 9.10. The van der Waals surface area contributed by atoms with E-state index in [2.05, 4.69) is 39.2 Å². The van der Waals surface area contributed by atoms with Gasteiger partial charge in [0.25, 0.3) is 0 Å². The number of nitrogens with one attached hydrogen (secondary N) is 1. The predicted molar refractivity (Wildman–Crippen MR) is 78.8 cm³/mol. The molecule has 1 heterocycles. The number of nitrogens with zero attached hydrogens (tertiary/aromatic N) is 1. The molecule has 1 aromatic heterocycles. The summed E-state index contributed by atoms with van der Waals surface area (Å²) in [6.45, 7) is 2.08. The molecule has 2 aliphatic rings. The minimum atomic E-state index is 0.658. The van der Waals surface area contributed by atoms with Crippen LogP contribution in [-0.2, 0) is 0 Å². The quantitative estimate of drug-likeness (QED) is 0.830. The molecule has 18 heavy (non-hydrogen) atoms. The number of rotatable bonds is 3. The van der Waals surface area contributed by atoms with E-state index in [1.165, 1.54) is 44.2 Å². The van der Waals surface area contributed by atoms with Gasteiger partial charge in [-0.3, -0.25) is 0 Å². The van der Waals surface area contributed by atoms with Crippen LogP contribution in [0.3, 0.4) is 0 Å². The summed E-state index contributed by atoms with van der Waals surface area (Å²) in [7, 11) is 0. The fraction of sp³-hybridized carbons (Fsp3) is 0.667. The molecular formula is C15H21BrN2. The first-order valence-corrected chi connectivity index (χ1v) is 7.91. The van der Waals surface area contributed by atoms with Gasteiger partial charge in [-0.15, -0.1) is 0 Å². The lowest BCUT2D eigenvalue weighted by Crippen LogP contribution is -2.28. The molecule has 0 amide bonds. The third-order valence-electron chi connectivity index (χ3n) is 4.41. The Morgan fingerprint density at radius 1 is 1.17 bits per heavy atom. The van der Waals surface area contributed by atoms with Crippen molar-refractivity contribution in [1.82, 2.24) is 4.98 Å². The van der Waals surface area contributed by atoms with Crippen LogP contribution in [-0.4, -0.2) is 11.0 Å². The highest BCUT2D eigenvalue weighted by atomic mass is 79.9. The Bertz CT molecular complexity index is 429.